The molecule has 15 heavy (non-hydrogen) atoms. The molecule has 0 aliphatic heterocycles. The number of alkyl halides is 1. The summed E-state index contributed by atoms with van der Waals surface area (Å²) in [4.78, 5) is 14.7. The average molecular weight is 287 g/mol. The minimum absolute atomic E-state index is 0.0588. The molecule has 1 aromatic heterocycles. The lowest BCUT2D eigenvalue weighted by Gasteiger charge is -2.00. The van der Waals surface area contributed by atoms with Gasteiger partial charge in [-0.25, -0.2) is 0 Å². The number of carbonyl (C=O) groups excluding carboxylic acids is 1. The van der Waals surface area contributed by atoms with Crippen molar-refractivity contribution in [3.05, 3.63) is 35.0 Å². The van der Waals surface area contributed by atoms with Gasteiger partial charge in [0.25, 0.3) is 0 Å². The number of rotatable bonds is 2. The van der Waals surface area contributed by atoms with Gasteiger partial charge in [-0.2, -0.15) is 0 Å². The minimum Gasteiger partial charge on any atom is -0.360 e. The van der Waals surface area contributed by atoms with Crippen molar-refractivity contribution >= 4 is 44.2 Å². The Kier molecular flexibility index (Phi) is 2.85. The molecule has 4 heteroatoms. The summed E-state index contributed by atoms with van der Waals surface area (Å²) in [6, 6.07) is 5.47. The second-order valence-corrected chi connectivity index (χ2v) is 5.18. The van der Waals surface area contributed by atoms with E-state index in [4.69, 9.17) is 11.6 Å². The summed E-state index contributed by atoms with van der Waals surface area (Å²) in [5.41, 5.74) is 1.60. The number of halogens is 2. The molecule has 0 saturated carbocycles. The lowest BCUT2D eigenvalue weighted by Crippen LogP contribution is -2.08. The molecular weight excluding hydrogens is 277 g/mol. The van der Waals surface area contributed by atoms with Gasteiger partial charge in [-0.05, 0) is 25.1 Å². The molecule has 1 N–H and O–H groups in total. The van der Waals surface area contributed by atoms with E-state index >= 15 is 0 Å². The molecule has 2 nitrogen and oxygen atoms in total. The van der Waals surface area contributed by atoms with E-state index < -0.39 is 0 Å². The molecule has 0 bridgehead atoms. The molecule has 1 atom stereocenters. The molecule has 2 rings (SSSR count). The van der Waals surface area contributed by atoms with Crippen LogP contribution in [0.5, 0.6) is 0 Å². The Labute approximate surface area is 101 Å². The number of Topliss-reactive ketones (excluding diaryl/α,β-unsaturated/α-hetero) is 1. The fourth-order valence-corrected chi connectivity index (χ4v) is 1.93. The first-order valence-electron chi connectivity index (χ1n) is 4.54. The number of ketones is 1. The first kappa shape index (κ1) is 10.7. The van der Waals surface area contributed by atoms with Crippen molar-refractivity contribution in [3.8, 4) is 0 Å². The number of aromatic nitrogens is 1. The molecule has 78 valence electrons. The quantitative estimate of drug-likeness (QED) is 0.661. The minimum atomic E-state index is -0.185. The Hall–Kier alpha value is -0.800. The Morgan fingerprint density at radius 2 is 2.27 bits per heavy atom. The van der Waals surface area contributed by atoms with Gasteiger partial charge >= 0.3 is 0 Å². The number of hydrogen-bond donors (Lipinski definition) is 1. The van der Waals surface area contributed by atoms with Crippen molar-refractivity contribution < 1.29 is 4.79 Å². The molecule has 0 saturated heterocycles. The van der Waals surface area contributed by atoms with Crippen LogP contribution in [-0.4, -0.2) is 15.6 Å². The van der Waals surface area contributed by atoms with Gasteiger partial charge in [0.15, 0.2) is 5.78 Å². The van der Waals surface area contributed by atoms with Crippen LogP contribution in [0, 0.1) is 0 Å². The fourth-order valence-electron chi connectivity index (χ4n) is 1.51. The maximum Gasteiger partial charge on any atom is 0.178 e. The highest BCUT2D eigenvalue weighted by Gasteiger charge is 2.16. The molecule has 0 aliphatic carbocycles. The van der Waals surface area contributed by atoms with Gasteiger partial charge in [0.05, 0.1) is 4.83 Å². The van der Waals surface area contributed by atoms with Crippen LogP contribution in [-0.2, 0) is 0 Å². The molecule has 0 radical (unpaired) electrons. The van der Waals surface area contributed by atoms with Crippen LogP contribution in [0.15, 0.2) is 24.4 Å². The Morgan fingerprint density at radius 3 is 2.93 bits per heavy atom. The smallest absolute Gasteiger partial charge is 0.178 e. The zero-order valence-electron chi connectivity index (χ0n) is 8.05. The van der Waals surface area contributed by atoms with Crippen molar-refractivity contribution in [1.82, 2.24) is 4.98 Å². The number of H-pyrrole nitrogens is 1. The maximum absolute atomic E-state index is 11.8. The molecule has 0 unspecified atom stereocenters. The van der Waals surface area contributed by atoms with Crippen molar-refractivity contribution in [2.75, 3.05) is 0 Å². The van der Waals surface area contributed by atoms with E-state index in [9.17, 15) is 4.79 Å². The lowest BCUT2D eigenvalue weighted by atomic mass is 10.1. The van der Waals surface area contributed by atoms with Crippen molar-refractivity contribution in [1.29, 1.82) is 0 Å². The Bertz CT molecular complexity index is 518. The number of fused-ring (bicyclic) bond motifs is 1. The largest absolute Gasteiger partial charge is 0.360 e. The van der Waals surface area contributed by atoms with Crippen LogP contribution in [0.3, 0.4) is 0 Å². The van der Waals surface area contributed by atoms with E-state index in [1.165, 1.54) is 0 Å². The molecule has 1 aromatic carbocycles. The SMILES string of the molecule is C[C@H](Br)C(=O)c1c[nH]c2ccc(Cl)cc12. The monoisotopic (exact) mass is 285 g/mol. The summed E-state index contributed by atoms with van der Waals surface area (Å²) in [6.45, 7) is 1.81. The number of benzene rings is 1. The summed E-state index contributed by atoms with van der Waals surface area (Å²) < 4.78 is 0. The highest BCUT2D eigenvalue weighted by molar-refractivity contribution is 9.10. The van der Waals surface area contributed by atoms with Crippen molar-refractivity contribution in [3.63, 3.8) is 0 Å². The van der Waals surface area contributed by atoms with Crippen molar-refractivity contribution in [2.24, 2.45) is 0 Å². The van der Waals surface area contributed by atoms with Crippen LogP contribution in [0.25, 0.3) is 10.9 Å². The molecule has 0 spiro atoms. The van der Waals surface area contributed by atoms with Gasteiger partial charge in [0.2, 0.25) is 0 Å². The fraction of sp³-hybridized carbons (Fsp3) is 0.182. The van der Waals surface area contributed by atoms with Gasteiger partial charge in [-0.1, -0.05) is 27.5 Å². The summed E-state index contributed by atoms with van der Waals surface area (Å²) in [5.74, 6) is 0.0588. The third-order valence-corrected chi connectivity index (χ3v) is 2.92. The van der Waals surface area contributed by atoms with E-state index in [-0.39, 0.29) is 10.6 Å². The van der Waals surface area contributed by atoms with Gasteiger partial charge in [-0.15, -0.1) is 0 Å². The average Bonchev–Trinajstić information content (AvgIpc) is 2.59. The molecule has 0 aliphatic rings. The Balaban J connectivity index is 2.62. The van der Waals surface area contributed by atoms with Crippen LogP contribution in [0.1, 0.15) is 17.3 Å². The second-order valence-electron chi connectivity index (χ2n) is 3.37. The highest BCUT2D eigenvalue weighted by atomic mass is 79.9. The second kappa shape index (κ2) is 3.99. The van der Waals surface area contributed by atoms with E-state index in [1.807, 2.05) is 13.0 Å². The summed E-state index contributed by atoms with van der Waals surface area (Å²) in [5, 5.41) is 1.51. The molecule has 0 fully saturated rings. The first-order valence-corrected chi connectivity index (χ1v) is 5.84. The van der Waals surface area contributed by atoms with E-state index in [0.29, 0.717) is 10.6 Å². The number of nitrogens with one attached hydrogen (secondary N) is 1. The Morgan fingerprint density at radius 1 is 1.53 bits per heavy atom. The molecular formula is C11H9BrClNO. The predicted molar refractivity (Wildman–Crippen MR) is 66.0 cm³/mol. The zero-order chi connectivity index (χ0) is 11.0. The van der Waals surface area contributed by atoms with Crippen molar-refractivity contribution in [2.45, 2.75) is 11.8 Å². The van der Waals surface area contributed by atoms with Gasteiger partial charge < -0.3 is 4.98 Å². The number of aromatic amines is 1. The van der Waals surface area contributed by atoms with E-state index in [2.05, 4.69) is 20.9 Å². The van der Waals surface area contributed by atoms with E-state index in [0.717, 1.165) is 10.9 Å². The summed E-state index contributed by atoms with van der Waals surface area (Å²) >= 11 is 9.16. The summed E-state index contributed by atoms with van der Waals surface area (Å²) in [6.07, 6.45) is 1.72. The van der Waals surface area contributed by atoms with Gasteiger partial charge in [0, 0.05) is 27.7 Å². The topological polar surface area (TPSA) is 32.9 Å². The standard InChI is InChI=1S/C11H9BrClNO/c1-6(12)11(15)9-5-14-10-3-2-7(13)4-8(9)10/h2-6,14H,1H3/t6-/m0/s1. The number of carbonyl (C=O) groups is 1. The lowest BCUT2D eigenvalue weighted by molar-refractivity contribution is 0.0997. The van der Waals surface area contributed by atoms with Crippen LogP contribution >= 0.6 is 27.5 Å². The van der Waals surface area contributed by atoms with E-state index in [1.54, 1.807) is 18.3 Å². The number of hydrogen-bond acceptors (Lipinski definition) is 1. The highest BCUT2D eigenvalue weighted by Crippen LogP contribution is 2.24. The van der Waals surface area contributed by atoms with Gasteiger partial charge in [-0.3, -0.25) is 4.79 Å². The van der Waals surface area contributed by atoms with Gasteiger partial charge in [0.1, 0.15) is 0 Å². The van der Waals surface area contributed by atoms with Crippen LogP contribution in [0.2, 0.25) is 5.02 Å². The predicted octanol–water partition coefficient (Wildman–Crippen LogP) is 3.79. The van der Waals surface area contributed by atoms with Crippen LogP contribution in [0.4, 0.5) is 0 Å². The normalized spacial score (nSPS) is 13.0. The molecule has 0 amide bonds. The third kappa shape index (κ3) is 1.94. The third-order valence-electron chi connectivity index (χ3n) is 2.27. The van der Waals surface area contributed by atoms with Crippen LogP contribution < -0.4 is 0 Å². The molecule has 2 aromatic rings. The first-order chi connectivity index (χ1) is 7.09. The summed E-state index contributed by atoms with van der Waals surface area (Å²) in [7, 11) is 0. The molecule has 1 heterocycles. The zero-order valence-corrected chi connectivity index (χ0v) is 10.4. The maximum atomic E-state index is 11.8.